The van der Waals surface area contributed by atoms with Gasteiger partial charge in [-0.1, -0.05) is 6.08 Å². The summed E-state index contributed by atoms with van der Waals surface area (Å²) in [6.07, 6.45) is 1.26. The van der Waals surface area contributed by atoms with Gasteiger partial charge in [-0.2, -0.15) is 0 Å². The summed E-state index contributed by atoms with van der Waals surface area (Å²) >= 11 is 0. The Bertz CT molecular complexity index is 327. The van der Waals surface area contributed by atoms with E-state index < -0.39 is 17.7 Å². The van der Waals surface area contributed by atoms with Crippen molar-refractivity contribution in [2.75, 3.05) is 20.2 Å². The predicted molar refractivity (Wildman–Crippen MR) is 57.9 cm³/mol. The lowest BCUT2D eigenvalue weighted by atomic mass is 10.2. The van der Waals surface area contributed by atoms with Crippen molar-refractivity contribution in [3.63, 3.8) is 0 Å². The SMILES string of the molecule is COC(=O)C1=CCN(C(=O)OC(C)(C)C)C1. The summed E-state index contributed by atoms with van der Waals surface area (Å²) in [6, 6.07) is 0. The minimum absolute atomic E-state index is 0.252. The lowest BCUT2D eigenvalue weighted by Gasteiger charge is -2.24. The van der Waals surface area contributed by atoms with Gasteiger partial charge in [-0.05, 0) is 20.8 Å². The van der Waals surface area contributed by atoms with Crippen LogP contribution in [0.5, 0.6) is 0 Å². The van der Waals surface area contributed by atoms with E-state index in [1.165, 1.54) is 12.0 Å². The fraction of sp³-hybridized carbons (Fsp3) is 0.636. The highest BCUT2D eigenvalue weighted by Gasteiger charge is 2.27. The highest BCUT2D eigenvalue weighted by Crippen LogP contribution is 2.15. The Hall–Kier alpha value is -1.52. The molecule has 0 aromatic heterocycles. The van der Waals surface area contributed by atoms with Gasteiger partial charge in [0.25, 0.3) is 0 Å². The van der Waals surface area contributed by atoms with Crippen LogP contribution in [0, 0.1) is 0 Å². The highest BCUT2D eigenvalue weighted by molar-refractivity contribution is 5.90. The first-order chi connectivity index (χ1) is 7.33. The van der Waals surface area contributed by atoms with Crippen LogP contribution in [-0.4, -0.2) is 42.8 Å². The Labute approximate surface area is 95.0 Å². The molecule has 0 fully saturated rings. The van der Waals surface area contributed by atoms with Gasteiger partial charge in [0.15, 0.2) is 0 Å². The first-order valence-electron chi connectivity index (χ1n) is 5.09. The van der Waals surface area contributed by atoms with Crippen LogP contribution in [0.3, 0.4) is 0 Å². The van der Waals surface area contributed by atoms with Crippen molar-refractivity contribution in [2.45, 2.75) is 26.4 Å². The van der Waals surface area contributed by atoms with Gasteiger partial charge < -0.3 is 9.47 Å². The van der Waals surface area contributed by atoms with E-state index in [4.69, 9.17) is 4.74 Å². The van der Waals surface area contributed by atoms with Crippen LogP contribution in [0.1, 0.15) is 20.8 Å². The third-order valence-electron chi connectivity index (χ3n) is 2.02. The molecule has 1 rings (SSSR count). The molecule has 90 valence electrons. The number of carbonyl (C=O) groups excluding carboxylic acids is 2. The largest absolute Gasteiger partial charge is 0.466 e. The van der Waals surface area contributed by atoms with Gasteiger partial charge in [-0.3, -0.25) is 4.90 Å². The second-order valence-electron chi connectivity index (χ2n) is 4.58. The number of ether oxygens (including phenoxy) is 2. The molecule has 1 heterocycles. The second kappa shape index (κ2) is 4.55. The van der Waals surface area contributed by atoms with Crippen molar-refractivity contribution in [3.05, 3.63) is 11.6 Å². The summed E-state index contributed by atoms with van der Waals surface area (Å²) in [5.41, 5.74) is -0.0289. The molecule has 0 unspecified atom stereocenters. The molecule has 0 saturated heterocycles. The molecule has 0 saturated carbocycles. The minimum atomic E-state index is -0.523. The quantitative estimate of drug-likeness (QED) is 0.634. The van der Waals surface area contributed by atoms with Gasteiger partial charge >= 0.3 is 12.1 Å². The monoisotopic (exact) mass is 227 g/mol. The lowest BCUT2D eigenvalue weighted by molar-refractivity contribution is -0.136. The molecule has 0 aliphatic carbocycles. The number of hydrogen-bond acceptors (Lipinski definition) is 4. The fourth-order valence-corrected chi connectivity index (χ4v) is 1.30. The van der Waals surface area contributed by atoms with Crippen LogP contribution in [0.25, 0.3) is 0 Å². The van der Waals surface area contributed by atoms with Crippen LogP contribution < -0.4 is 0 Å². The van der Waals surface area contributed by atoms with Crippen LogP contribution in [-0.2, 0) is 14.3 Å². The molecule has 0 spiro atoms. The first kappa shape index (κ1) is 12.5. The maximum atomic E-state index is 11.6. The molecular formula is C11H17NO4. The van der Waals surface area contributed by atoms with Crippen LogP contribution >= 0.6 is 0 Å². The van der Waals surface area contributed by atoms with E-state index in [0.717, 1.165) is 0 Å². The van der Waals surface area contributed by atoms with Crippen LogP contribution in [0.4, 0.5) is 4.79 Å². The second-order valence-corrected chi connectivity index (χ2v) is 4.58. The van der Waals surface area contributed by atoms with Gasteiger partial charge in [-0.25, -0.2) is 9.59 Å². The maximum Gasteiger partial charge on any atom is 0.410 e. The third-order valence-corrected chi connectivity index (χ3v) is 2.02. The summed E-state index contributed by atoms with van der Waals surface area (Å²) in [7, 11) is 1.32. The zero-order chi connectivity index (χ0) is 12.3. The zero-order valence-electron chi connectivity index (χ0n) is 10.1. The summed E-state index contributed by atoms with van der Waals surface area (Å²) in [4.78, 5) is 24.3. The maximum absolute atomic E-state index is 11.6. The Morgan fingerprint density at radius 2 is 2.00 bits per heavy atom. The lowest BCUT2D eigenvalue weighted by Crippen LogP contribution is -2.36. The molecule has 0 aromatic rings. The number of carbonyl (C=O) groups is 2. The van der Waals surface area contributed by atoms with E-state index >= 15 is 0 Å². The van der Waals surface area contributed by atoms with Crippen LogP contribution in [0.15, 0.2) is 11.6 Å². The molecule has 0 N–H and O–H groups in total. The van der Waals surface area contributed by atoms with Gasteiger partial charge in [0, 0.05) is 6.54 Å². The molecule has 1 aliphatic heterocycles. The summed E-state index contributed by atoms with van der Waals surface area (Å²) in [5.74, 6) is -0.397. The molecule has 0 radical (unpaired) electrons. The summed E-state index contributed by atoms with van der Waals surface area (Å²) in [5, 5.41) is 0. The van der Waals surface area contributed by atoms with E-state index in [9.17, 15) is 9.59 Å². The molecule has 1 amide bonds. The topological polar surface area (TPSA) is 55.8 Å². The molecule has 0 bridgehead atoms. The molecule has 0 atom stereocenters. The van der Waals surface area contributed by atoms with E-state index in [-0.39, 0.29) is 6.54 Å². The standard InChI is InChI=1S/C11H17NO4/c1-11(2,3)16-10(14)12-6-5-8(7-12)9(13)15-4/h5H,6-7H2,1-4H3. The third kappa shape index (κ3) is 3.25. The van der Waals surface area contributed by atoms with E-state index in [1.54, 1.807) is 26.8 Å². The number of amides is 1. The van der Waals surface area contributed by atoms with Crippen molar-refractivity contribution < 1.29 is 19.1 Å². The Kier molecular flexibility index (Phi) is 3.57. The van der Waals surface area contributed by atoms with Crippen LogP contribution in [0.2, 0.25) is 0 Å². The molecule has 16 heavy (non-hydrogen) atoms. The van der Waals surface area contributed by atoms with E-state index in [0.29, 0.717) is 12.1 Å². The molecule has 0 aromatic carbocycles. The minimum Gasteiger partial charge on any atom is -0.466 e. The van der Waals surface area contributed by atoms with Crippen molar-refractivity contribution >= 4 is 12.1 Å². The van der Waals surface area contributed by atoms with Gasteiger partial charge in [-0.15, -0.1) is 0 Å². The Morgan fingerprint density at radius 1 is 1.38 bits per heavy atom. The van der Waals surface area contributed by atoms with Gasteiger partial charge in [0.05, 0.1) is 19.2 Å². The number of hydrogen-bond donors (Lipinski definition) is 0. The van der Waals surface area contributed by atoms with Gasteiger partial charge in [0.2, 0.25) is 0 Å². The fourth-order valence-electron chi connectivity index (χ4n) is 1.30. The molecule has 5 nitrogen and oxygen atoms in total. The van der Waals surface area contributed by atoms with Gasteiger partial charge in [0.1, 0.15) is 5.60 Å². The number of methoxy groups -OCH3 is 1. The highest BCUT2D eigenvalue weighted by atomic mass is 16.6. The smallest absolute Gasteiger partial charge is 0.410 e. The molecule has 1 aliphatic rings. The normalized spacial score (nSPS) is 15.8. The summed E-state index contributed by atoms with van der Waals surface area (Å²) < 4.78 is 9.76. The predicted octanol–water partition coefficient (Wildman–Crippen LogP) is 1.34. The number of esters is 1. The zero-order valence-corrected chi connectivity index (χ0v) is 10.1. The number of nitrogens with zero attached hydrogens (tertiary/aromatic N) is 1. The Morgan fingerprint density at radius 3 is 2.50 bits per heavy atom. The first-order valence-corrected chi connectivity index (χ1v) is 5.09. The van der Waals surface area contributed by atoms with Crippen molar-refractivity contribution in [1.82, 2.24) is 4.90 Å². The number of rotatable bonds is 1. The van der Waals surface area contributed by atoms with E-state index in [2.05, 4.69) is 4.74 Å². The van der Waals surface area contributed by atoms with E-state index in [1.807, 2.05) is 0 Å². The van der Waals surface area contributed by atoms with Crippen molar-refractivity contribution in [1.29, 1.82) is 0 Å². The molecular weight excluding hydrogens is 210 g/mol. The van der Waals surface area contributed by atoms with Crippen molar-refractivity contribution in [2.24, 2.45) is 0 Å². The Balaban J connectivity index is 2.50. The molecule has 5 heteroatoms. The average Bonchev–Trinajstić information content (AvgIpc) is 2.62. The average molecular weight is 227 g/mol. The summed E-state index contributed by atoms with van der Waals surface area (Å²) in [6.45, 7) is 6.04. The van der Waals surface area contributed by atoms with Crippen molar-refractivity contribution in [3.8, 4) is 0 Å².